The van der Waals surface area contributed by atoms with Crippen molar-refractivity contribution in [1.82, 2.24) is 9.97 Å². The van der Waals surface area contributed by atoms with Crippen molar-refractivity contribution < 1.29 is 9.21 Å². The molecule has 32 heavy (non-hydrogen) atoms. The third-order valence-corrected chi connectivity index (χ3v) is 6.05. The van der Waals surface area contributed by atoms with Gasteiger partial charge in [0.25, 0.3) is 0 Å². The van der Waals surface area contributed by atoms with Crippen LogP contribution in [-0.4, -0.2) is 42.2 Å². The zero-order valence-corrected chi connectivity index (χ0v) is 18.3. The number of benzene rings is 1. The first kappa shape index (κ1) is 20.4. The van der Waals surface area contributed by atoms with Crippen molar-refractivity contribution in [3.63, 3.8) is 0 Å². The van der Waals surface area contributed by atoms with Crippen molar-refractivity contribution in [3.05, 3.63) is 49.0 Å². The van der Waals surface area contributed by atoms with Crippen LogP contribution in [0.4, 0.5) is 27.8 Å². The fourth-order valence-electron chi connectivity index (χ4n) is 4.42. The molecule has 5 rings (SSSR count). The average Bonchev–Trinajstić information content (AvgIpc) is 3.26. The van der Waals surface area contributed by atoms with Gasteiger partial charge in [-0.2, -0.15) is 0 Å². The highest BCUT2D eigenvalue weighted by Gasteiger charge is 2.25. The molecule has 0 radical (unpaired) electrons. The number of hydrogen-bond donors (Lipinski definition) is 2. The number of pyridine rings is 1. The van der Waals surface area contributed by atoms with Crippen molar-refractivity contribution >= 4 is 29.0 Å². The van der Waals surface area contributed by atoms with E-state index in [1.165, 1.54) is 19.2 Å². The first-order valence-corrected chi connectivity index (χ1v) is 11.2. The Kier molecular flexibility index (Phi) is 5.66. The second-order valence-corrected chi connectivity index (χ2v) is 8.54. The van der Waals surface area contributed by atoms with Gasteiger partial charge < -0.3 is 20.0 Å². The van der Waals surface area contributed by atoms with Crippen LogP contribution in [0.3, 0.4) is 0 Å². The second-order valence-electron chi connectivity index (χ2n) is 8.54. The van der Waals surface area contributed by atoms with Crippen molar-refractivity contribution in [2.24, 2.45) is 5.92 Å². The highest BCUT2D eigenvalue weighted by molar-refractivity contribution is 6.03. The van der Waals surface area contributed by atoms with Crippen LogP contribution >= 0.6 is 0 Å². The monoisotopic (exact) mass is 432 g/mol. The number of urea groups is 1. The molecule has 1 aromatic carbocycles. The Labute approximate surface area is 187 Å². The summed E-state index contributed by atoms with van der Waals surface area (Å²) in [6.07, 6.45) is 6.32. The minimum absolute atomic E-state index is 0.193. The largest absolute Gasteiger partial charge is 0.444 e. The lowest BCUT2D eigenvalue weighted by atomic mass is 10.0. The molecule has 1 saturated heterocycles. The van der Waals surface area contributed by atoms with E-state index in [0.717, 1.165) is 43.1 Å². The second kappa shape index (κ2) is 8.90. The number of nitrogens with zero attached hydrogens (tertiary/aromatic N) is 4. The van der Waals surface area contributed by atoms with Gasteiger partial charge in [-0.15, -0.1) is 0 Å². The molecule has 2 aliphatic heterocycles. The lowest BCUT2D eigenvalue weighted by Gasteiger charge is -2.32. The Morgan fingerprint density at radius 1 is 1.22 bits per heavy atom. The number of piperidine rings is 1. The standard InChI is InChI=1S/C24H28N6O2/c1-17-5-3-11-29(15-17)22-9-8-20-23(28-22)30(12-4-10-26-20)24(31)27-19-7-2-6-18(13-19)21-14-25-16-32-21/h2,6-9,13-14,16-17,26H,3-5,10-12,15H2,1H3,(H,27,31). The predicted octanol–water partition coefficient (Wildman–Crippen LogP) is 4.83. The summed E-state index contributed by atoms with van der Waals surface area (Å²) in [6.45, 7) is 5.69. The summed E-state index contributed by atoms with van der Waals surface area (Å²) in [4.78, 5) is 26.3. The zero-order valence-electron chi connectivity index (χ0n) is 18.3. The molecule has 8 nitrogen and oxygen atoms in total. The molecule has 2 aromatic heterocycles. The quantitative estimate of drug-likeness (QED) is 0.617. The summed E-state index contributed by atoms with van der Waals surface area (Å²) in [7, 11) is 0. The molecular weight excluding hydrogens is 404 g/mol. The minimum atomic E-state index is -0.193. The molecule has 4 heterocycles. The molecule has 8 heteroatoms. The highest BCUT2D eigenvalue weighted by Crippen LogP contribution is 2.31. The molecule has 3 aromatic rings. The van der Waals surface area contributed by atoms with Crippen LogP contribution in [0.25, 0.3) is 11.3 Å². The van der Waals surface area contributed by atoms with E-state index in [-0.39, 0.29) is 6.03 Å². The van der Waals surface area contributed by atoms with Crippen LogP contribution in [0.1, 0.15) is 26.2 Å². The van der Waals surface area contributed by atoms with Crippen molar-refractivity contribution in [2.75, 3.05) is 46.6 Å². The van der Waals surface area contributed by atoms with E-state index >= 15 is 0 Å². The van der Waals surface area contributed by atoms with E-state index < -0.39 is 0 Å². The molecule has 2 amide bonds. The van der Waals surface area contributed by atoms with Gasteiger partial charge in [-0.1, -0.05) is 19.1 Å². The van der Waals surface area contributed by atoms with E-state index in [9.17, 15) is 4.79 Å². The fraction of sp³-hybridized carbons (Fsp3) is 0.375. The molecule has 0 bridgehead atoms. The van der Waals surface area contributed by atoms with Gasteiger partial charge in [-0.25, -0.2) is 14.8 Å². The molecule has 1 atom stereocenters. The summed E-state index contributed by atoms with van der Waals surface area (Å²) in [5, 5.41) is 6.45. The molecule has 0 spiro atoms. The Morgan fingerprint density at radius 3 is 3.00 bits per heavy atom. The Hall–Kier alpha value is -3.55. The molecule has 2 N–H and O–H groups in total. The van der Waals surface area contributed by atoms with Gasteiger partial charge in [0.15, 0.2) is 18.0 Å². The maximum atomic E-state index is 13.3. The molecule has 0 saturated carbocycles. The van der Waals surface area contributed by atoms with Crippen LogP contribution in [-0.2, 0) is 0 Å². The van der Waals surface area contributed by atoms with Gasteiger partial charge in [0, 0.05) is 37.4 Å². The van der Waals surface area contributed by atoms with Crippen molar-refractivity contribution in [3.8, 4) is 11.3 Å². The highest BCUT2D eigenvalue weighted by atomic mass is 16.3. The molecular formula is C24H28N6O2. The number of rotatable bonds is 3. The third-order valence-electron chi connectivity index (χ3n) is 6.05. The number of carbonyl (C=O) groups excluding carboxylic acids is 1. The van der Waals surface area contributed by atoms with Crippen molar-refractivity contribution in [2.45, 2.75) is 26.2 Å². The first-order valence-electron chi connectivity index (χ1n) is 11.2. The van der Waals surface area contributed by atoms with E-state index in [4.69, 9.17) is 9.40 Å². The van der Waals surface area contributed by atoms with E-state index in [1.807, 2.05) is 30.3 Å². The van der Waals surface area contributed by atoms with Crippen molar-refractivity contribution in [1.29, 1.82) is 0 Å². The maximum absolute atomic E-state index is 13.3. The molecule has 2 aliphatic rings. The first-order chi connectivity index (χ1) is 15.7. The summed E-state index contributed by atoms with van der Waals surface area (Å²) in [6, 6.07) is 11.5. The number of anilines is 4. The van der Waals surface area contributed by atoms with Crippen LogP contribution < -0.4 is 20.4 Å². The zero-order chi connectivity index (χ0) is 21.9. The van der Waals surface area contributed by atoms with Gasteiger partial charge in [-0.3, -0.25) is 4.90 Å². The SMILES string of the molecule is CC1CCCN(c2ccc3c(n2)N(C(=O)Nc2cccc(-c4cnco4)c2)CCCN3)C1. The number of aromatic nitrogens is 2. The molecule has 166 valence electrons. The van der Waals surface area contributed by atoms with E-state index in [1.54, 1.807) is 11.1 Å². The number of nitrogens with one attached hydrogen (secondary N) is 2. The number of oxazole rings is 1. The minimum Gasteiger partial charge on any atom is -0.444 e. The summed E-state index contributed by atoms with van der Waals surface area (Å²) < 4.78 is 5.38. The molecule has 1 unspecified atom stereocenters. The average molecular weight is 433 g/mol. The number of amides is 2. The van der Waals surface area contributed by atoms with E-state index in [2.05, 4.69) is 33.5 Å². The lowest BCUT2D eigenvalue weighted by Crippen LogP contribution is -2.37. The number of hydrogen-bond acceptors (Lipinski definition) is 6. The van der Waals surface area contributed by atoms with E-state index in [0.29, 0.717) is 29.7 Å². The molecule has 0 aliphatic carbocycles. The van der Waals surface area contributed by atoms with Gasteiger partial charge in [0.1, 0.15) is 5.82 Å². The molecule has 1 fully saturated rings. The Morgan fingerprint density at radius 2 is 2.16 bits per heavy atom. The topological polar surface area (TPSA) is 86.5 Å². The van der Waals surface area contributed by atoms with Gasteiger partial charge >= 0.3 is 6.03 Å². The number of carbonyl (C=O) groups is 1. The van der Waals surface area contributed by atoms with Crippen LogP contribution in [0.2, 0.25) is 0 Å². The Balaban J connectivity index is 1.40. The van der Waals surface area contributed by atoms with Gasteiger partial charge in [0.05, 0.1) is 11.9 Å². The predicted molar refractivity (Wildman–Crippen MR) is 126 cm³/mol. The summed E-state index contributed by atoms with van der Waals surface area (Å²) in [5.41, 5.74) is 2.45. The van der Waals surface area contributed by atoms with Crippen LogP contribution in [0.15, 0.2) is 53.4 Å². The van der Waals surface area contributed by atoms with Gasteiger partial charge in [-0.05, 0) is 49.4 Å². The number of fused-ring (bicyclic) bond motifs is 1. The third kappa shape index (κ3) is 4.26. The smallest absolute Gasteiger partial charge is 0.327 e. The fourth-order valence-corrected chi connectivity index (χ4v) is 4.42. The Bertz CT molecular complexity index is 1080. The lowest BCUT2D eigenvalue weighted by molar-refractivity contribution is 0.257. The van der Waals surface area contributed by atoms with Gasteiger partial charge in [0.2, 0.25) is 0 Å². The summed E-state index contributed by atoms with van der Waals surface area (Å²) in [5.74, 6) is 2.93. The normalized spacial score (nSPS) is 18.5. The maximum Gasteiger partial charge on any atom is 0.327 e. The van der Waals surface area contributed by atoms with Crippen LogP contribution in [0, 0.1) is 5.92 Å². The summed E-state index contributed by atoms with van der Waals surface area (Å²) >= 11 is 0. The van der Waals surface area contributed by atoms with Crippen LogP contribution in [0.5, 0.6) is 0 Å².